The highest BCUT2D eigenvalue weighted by molar-refractivity contribution is 5.88. The highest BCUT2D eigenvalue weighted by Gasteiger charge is 2.16. The van der Waals surface area contributed by atoms with E-state index in [0.717, 1.165) is 11.1 Å². The molecule has 0 aliphatic heterocycles. The minimum atomic E-state index is -0.0775. The Hall–Kier alpha value is -2.35. The van der Waals surface area contributed by atoms with E-state index in [9.17, 15) is 4.79 Å². The summed E-state index contributed by atoms with van der Waals surface area (Å²) >= 11 is 0. The van der Waals surface area contributed by atoms with Gasteiger partial charge in [-0.15, -0.1) is 0 Å². The van der Waals surface area contributed by atoms with Crippen LogP contribution >= 0.6 is 0 Å². The van der Waals surface area contributed by atoms with Crippen molar-refractivity contribution in [3.63, 3.8) is 0 Å². The molecule has 0 aliphatic carbocycles. The van der Waals surface area contributed by atoms with Gasteiger partial charge in [0.05, 0.1) is 0 Å². The normalized spacial score (nSPS) is 11.6. The SMILES string of the molecule is CC(=O)/C=C(\N)C(c1ccccc1)c1ccccc1. The molecule has 2 rings (SSSR count). The van der Waals surface area contributed by atoms with Gasteiger partial charge in [-0.05, 0) is 18.1 Å². The Bertz CT molecular complexity index is 533. The first-order chi connectivity index (χ1) is 9.18. The molecule has 0 saturated carbocycles. The molecule has 19 heavy (non-hydrogen) atoms. The smallest absolute Gasteiger partial charge is 0.154 e. The van der Waals surface area contributed by atoms with Crippen LogP contribution in [-0.4, -0.2) is 5.78 Å². The lowest BCUT2D eigenvalue weighted by Crippen LogP contribution is -2.13. The fraction of sp³-hybridized carbons (Fsp3) is 0.118. The zero-order valence-corrected chi connectivity index (χ0v) is 10.9. The molecule has 0 bridgehead atoms. The molecule has 2 aromatic rings. The van der Waals surface area contributed by atoms with Crippen LogP contribution in [0, 0.1) is 0 Å². The Morgan fingerprint density at radius 1 is 0.947 bits per heavy atom. The Labute approximate surface area is 113 Å². The predicted molar refractivity (Wildman–Crippen MR) is 77.7 cm³/mol. The largest absolute Gasteiger partial charge is 0.401 e. The summed E-state index contributed by atoms with van der Waals surface area (Å²) in [6, 6.07) is 20.0. The van der Waals surface area contributed by atoms with Crippen molar-refractivity contribution in [2.75, 3.05) is 0 Å². The van der Waals surface area contributed by atoms with Crippen molar-refractivity contribution >= 4 is 5.78 Å². The number of hydrogen-bond acceptors (Lipinski definition) is 2. The summed E-state index contributed by atoms with van der Waals surface area (Å²) in [5.41, 5.74) is 8.87. The van der Waals surface area contributed by atoms with Crippen molar-refractivity contribution in [2.24, 2.45) is 5.73 Å². The Morgan fingerprint density at radius 2 is 1.37 bits per heavy atom. The summed E-state index contributed by atoms with van der Waals surface area (Å²) in [4.78, 5) is 11.3. The van der Waals surface area contributed by atoms with Crippen molar-refractivity contribution in [3.8, 4) is 0 Å². The van der Waals surface area contributed by atoms with E-state index in [4.69, 9.17) is 5.73 Å². The summed E-state index contributed by atoms with van der Waals surface area (Å²) in [7, 11) is 0. The minimum absolute atomic E-state index is 0.0330. The maximum Gasteiger partial charge on any atom is 0.154 e. The van der Waals surface area contributed by atoms with E-state index in [1.807, 2.05) is 60.7 Å². The highest BCUT2D eigenvalue weighted by Crippen LogP contribution is 2.28. The Morgan fingerprint density at radius 3 is 1.74 bits per heavy atom. The van der Waals surface area contributed by atoms with Crippen LogP contribution in [0.15, 0.2) is 72.4 Å². The summed E-state index contributed by atoms with van der Waals surface area (Å²) in [5.74, 6) is -0.110. The van der Waals surface area contributed by atoms with E-state index in [-0.39, 0.29) is 11.7 Å². The molecule has 0 radical (unpaired) electrons. The monoisotopic (exact) mass is 251 g/mol. The molecule has 0 spiro atoms. The molecule has 0 heterocycles. The van der Waals surface area contributed by atoms with E-state index in [0.29, 0.717) is 5.70 Å². The molecule has 2 N–H and O–H groups in total. The number of rotatable bonds is 4. The van der Waals surface area contributed by atoms with Gasteiger partial charge in [-0.25, -0.2) is 0 Å². The van der Waals surface area contributed by atoms with Crippen molar-refractivity contribution in [2.45, 2.75) is 12.8 Å². The first-order valence-corrected chi connectivity index (χ1v) is 6.26. The van der Waals surface area contributed by atoms with Crippen molar-refractivity contribution < 1.29 is 4.79 Å². The molecular formula is C17H17NO. The molecule has 2 heteroatoms. The lowest BCUT2D eigenvalue weighted by atomic mass is 9.88. The van der Waals surface area contributed by atoms with Crippen LogP contribution < -0.4 is 5.73 Å². The van der Waals surface area contributed by atoms with Crippen molar-refractivity contribution in [1.29, 1.82) is 0 Å². The van der Waals surface area contributed by atoms with Crippen LogP contribution in [0.25, 0.3) is 0 Å². The average Bonchev–Trinajstić information content (AvgIpc) is 2.40. The number of carbonyl (C=O) groups is 1. The van der Waals surface area contributed by atoms with Gasteiger partial charge >= 0.3 is 0 Å². The van der Waals surface area contributed by atoms with Crippen LogP contribution in [0.2, 0.25) is 0 Å². The number of ketones is 1. The topological polar surface area (TPSA) is 43.1 Å². The van der Waals surface area contributed by atoms with E-state index >= 15 is 0 Å². The lowest BCUT2D eigenvalue weighted by molar-refractivity contribution is -0.112. The first-order valence-electron chi connectivity index (χ1n) is 6.26. The second kappa shape index (κ2) is 6.01. The third-order valence-electron chi connectivity index (χ3n) is 2.97. The van der Waals surface area contributed by atoms with Gasteiger partial charge in [0.15, 0.2) is 5.78 Å². The van der Waals surface area contributed by atoms with Gasteiger partial charge in [-0.3, -0.25) is 4.79 Å². The summed E-state index contributed by atoms with van der Waals surface area (Å²) in [6.07, 6.45) is 1.50. The maximum absolute atomic E-state index is 11.3. The third-order valence-corrected chi connectivity index (χ3v) is 2.97. The van der Waals surface area contributed by atoms with Crippen LogP contribution in [0.4, 0.5) is 0 Å². The van der Waals surface area contributed by atoms with Gasteiger partial charge in [-0.2, -0.15) is 0 Å². The second-order valence-corrected chi connectivity index (χ2v) is 4.51. The van der Waals surface area contributed by atoms with E-state index < -0.39 is 0 Å². The van der Waals surface area contributed by atoms with Crippen LogP contribution in [0.3, 0.4) is 0 Å². The lowest BCUT2D eigenvalue weighted by Gasteiger charge is -2.18. The van der Waals surface area contributed by atoms with Gasteiger partial charge in [0.2, 0.25) is 0 Å². The molecule has 0 unspecified atom stereocenters. The molecule has 2 aromatic carbocycles. The Balaban J connectivity index is 2.49. The standard InChI is InChI=1S/C17H17NO/c1-13(19)12-16(18)17(14-8-4-2-5-9-14)15-10-6-3-7-11-15/h2-12,17H,18H2,1H3/b16-12-. The highest BCUT2D eigenvalue weighted by atomic mass is 16.1. The number of nitrogens with two attached hydrogens (primary N) is 1. The molecule has 96 valence electrons. The molecule has 0 atom stereocenters. The molecular weight excluding hydrogens is 234 g/mol. The van der Waals surface area contributed by atoms with Gasteiger partial charge in [-0.1, -0.05) is 60.7 Å². The number of hydrogen-bond donors (Lipinski definition) is 1. The average molecular weight is 251 g/mol. The van der Waals surface area contributed by atoms with Gasteiger partial charge in [0.25, 0.3) is 0 Å². The van der Waals surface area contributed by atoms with E-state index in [1.54, 1.807) is 0 Å². The second-order valence-electron chi connectivity index (χ2n) is 4.51. The molecule has 0 amide bonds. The summed E-state index contributed by atoms with van der Waals surface area (Å²) in [5, 5.41) is 0. The number of allylic oxidation sites excluding steroid dienone is 2. The quantitative estimate of drug-likeness (QED) is 0.848. The van der Waals surface area contributed by atoms with E-state index in [1.165, 1.54) is 13.0 Å². The van der Waals surface area contributed by atoms with Crippen LogP contribution in [-0.2, 0) is 4.79 Å². The number of benzene rings is 2. The fourth-order valence-electron chi connectivity index (χ4n) is 2.19. The molecule has 0 aliphatic rings. The Kier molecular flexibility index (Phi) is 4.14. The zero-order chi connectivity index (χ0) is 13.7. The number of carbonyl (C=O) groups excluding carboxylic acids is 1. The first kappa shape index (κ1) is 13.1. The van der Waals surface area contributed by atoms with Gasteiger partial charge < -0.3 is 5.73 Å². The molecule has 0 fully saturated rings. The zero-order valence-electron chi connectivity index (χ0n) is 10.9. The van der Waals surface area contributed by atoms with Crippen molar-refractivity contribution in [1.82, 2.24) is 0 Å². The third kappa shape index (κ3) is 3.32. The fourth-order valence-corrected chi connectivity index (χ4v) is 2.19. The summed E-state index contributed by atoms with van der Waals surface area (Å²) in [6.45, 7) is 1.51. The summed E-state index contributed by atoms with van der Waals surface area (Å²) < 4.78 is 0. The van der Waals surface area contributed by atoms with E-state index in [2.05, 4.69) is 0 Å². The van der Waals surface area contributed by atoms with Gasteiger partial charge in [0, 0.05) is 17.7 Å². The molecule has 0 saturated heterocycles. The minimum Gasteiger partial charge on any atom is -0.401 e. The molecule has 2 nitrogen and oxygen atoms in total. The van der Waals surface area contributed by atoms with Crippen LogP contribution in [0.5, 0.6) is 0 Å². The van der Waals surface area contributed by atoms with Crippen molar-refractivity contribution in [3.05, 3.63) is 83.6 Å². The van der Waals surface area contributed by atoms with Gasteiger partial charge in [0.1, 0.15) is 0 Å². The maximum atomic E-state index is 11.3. The molecule has 0 aromatic heterocycles. The predicted octanol–water partition coefficient (Wildman–Crippen LogP) is 3.25. The van der Waals surface area contributed by atoms with Crippen LogP contribution in [0.1, 0.15) is 24.0 Å².